The Morgan fingerprint density at radius 2 is 1.89 bits per heavy atom. The third-order valence-electron chi connectivity index (χ3n) is 6.26. The van der Waals surface area contributed by atoms with E-state index in [0.717, 1.165) is 37.7 Å². The normalized spacial score (nSPS) is 14.8. The number of halogens is 2. The SMILES string of the molecule is COc1ccc(N(C(=O)Cc2ccsc2)[C@H](C(=O)NC2CCCCC2)c2ccc(F)cc2)cc1Cl. The van der Waals surface area contributed by atoms with Gasteiger partial charge in [-0.1, -0.05) is 43.0 Å². The van der Waals surface area contributed by atoms with Gasteiger partial charge < -0.3 is 10.1 Å². The summed E-state index contributed by atoms with van der Waals surface area (Å²) in [7, 11) is 1.51. The van der Waals surface area contributed by atoms with E-state index < -0.39 is 11.9 Å². The molecular formula is C27H28ClFN2O3S. The lowest BCUT2D eigenvalue weighted by Crippen LogP contribution is -2.47. The largest absolute Gasteiger partial charge is 0.495 e. The number of anilines is 1. The predicted octanol–water partition coefficient (Wildman–Crippen LogP) is 6.32. The minimum Gasteiger partial charge on any atom is -0.495 e. The van der Waals surface area contributed by atoms with Crippen molar-refractivity contribution in [2.45, 2.75) is 50.6 Å². The van der Waals surface area contributed by atoms with Crippen molar-refractivity contribution in [1.82, 2.24) is 5.32 Å². The maximum Gasteiger partial charge on any atom is 0.248 e. The molecule has 1 atom stereocenters. The van der Waals surface area contributed by atoms with Gasteiger partial charge in [0.05, 0.1) is 18.6 Å². The Labute approximate surface area is 213 Å². The number of carbonyl (C=O) groups excluding carboxylic acids is 2. The summed E-state index contributed by atoms with van der Waals surface area (Å²) in [6.45, 7) is 0. The molecule has 2 amide bonds. The molecule has 0 radical (unpaired) electrons. The van der Waals surface area contributed by atoms with Crippen LogP contribution in [0, 0.1) is 5.82 Å². The van der Waals surface area contributed by atoms with E-state index in [4.69, 9.17) is 16.3 Å². The van der Waals surface area contributed by atoms with Gasteiger partial charge in [-0.05, 0) is 71.1 Å². The number of nitrogens with zero attached hydrogens (tertiary/aromatic N) is 1. The molecule has 35 heavy (non-hydrogen) atoms. The Morgan fingerprint density at radius 1 is 1.14 bits per heavy atom. The zero-order chi connectivity index (χ0) is 24.8. The highest BCUT2D eigenvalue weighted by atomic mass is 35.5. The predicted molar refractivity (Wildman–Crippen MR) is 138 cm³/mol. The van der Waals surface area contributed by atoms with Crippen LogP contribution in [0.25, 0.3) is 0 Å². The highest BCUT2D eigenvalue weighted by Gasteiger charge is 2.34. The van der Waals surface area contributed by atoms with Crippen LogP contribution in [0.2, 0.25) is 5.02 Å². The van der Waals surface area contributed by atoms with Gasteiger partial charge in [-0.2, -0.15) is 11.3 Å². The summed E-state index contributed by atoms with van der Waals surface area (Å²) in [6.07, 6.45) is 5.19. The van der Waals surface area contributed by atoms with Crippen molar-refractivity contribution in [3.63, 3.8) is 0 Å². The number of rotatable bonds is 8. The first-order chi connectivity index (χ1) is 17.0. The second kappa shape index (κ2) is 11.7. The van der Waals surface area contributed by atoms with E-state index >= 15 is 0 Å². The van der Waals surface area contributed by atoms with Crippen LogP contribution in [-0.2, 0) is 16.0 Å². The number of thiophene rings is 1. The maximum absolute atomic E-state index is 13.8. The molecule has 8 heteroatoms. The summed E-state index contributed by atoms with van der Waals surface area (Å²) in [6, 6.07) is 11.7. The number of ether oxygens (including phenoxy) is 1. The van der Waals surface area contributed by atoms with Crippen molar-refractivity contribution >= 4 is 40.4 Å². The number of hydrogen-bond donors (Lipinski definition) is 1. The quantitative estimate of drug-likeness (QED) is 0.383. The smallest absolute Gasteiger partial charge is 0.248 e. The summed E-state index contributed by atoms with van der Waals surface area (Å²) in [5.41, 5.74) is 1.84. The van der Waals surface area contributed by atoms with Crippen molar-refractivity contribution < 1.29 is 18.7 Å². The first-order valence-electron chi connectivity index (χ1n) is 11.7. The molecule has 1 heterocycles. The summed E-state index contributed by atoms with van der Waals surface area (Å²) < 4.78 is 19.1. The van der Waals surface area contributed by atoms with Crippen LogP contribution in [0.1, 0.15) is 49.3 Å². The molecule has 5 nitrogen and oxygen atoms in total. The van der Waals surface area contributed by atoms with Gasteiger partial charge in [0, 0.05) is 11.7 Å². The van der Waals surface area contributed by atoms with Crippen LogP contribution in [0.3, 0.4) is 0 Å². The third kappa shape index (κ3) is 6.21. The molecule has 0 unspecified atom stereocenters. The van der Waals surface area contributed by atoms with Crippen LogP contribution < -0.4 is 15.0 Å². The second-order valence-electron chi connectivity index (χ2n) is 8.69. The molecule has 2 aromatic carbocycles. The van der Waals surface area contributed by atoms with E-state index in [0.29, 0.717) is 22.0 Å². The average Bonchev–Trinajstić information content (AvgIpc) is 3.36. The molecule has 1 N–H and O–H groups in total. The van der Waals surface area contributed by atoms with E-state index in [1.165, 1.54) is 35.5 Å². The van der Waals surface area contributed by atoms with Crippen molar-refractivity contribution in [1.29, 1.82) is 0 Å². The topological polar surface area (TPSA) is 58.6 Å². The molecule has 0 saturated heterocycles. The number of benzene rings is 2. The molecule has 0 aliphatic heterocycles. The zero-order valence-electron chi connectivity index (χ0n) is 19.5. The van der Waals surface area contributed by atoms with Crippen LogP contribution in [-0.4, -0.2) is 25.0 Å². The van der Waals surface area contributed by atoms with E-state index in [1.807, 2.05) is 16.8 Å². The lowest BCUT2D eigenvalue weighted by atomic mass is 9.94. The summed E-state index contributed by atoms with van der Waals surface area (Å²) in [5.74, 6) is -0.513. The zero-order valence-corrected chi connectivity index (χ0v) is 21.1. The van der Waals surface area contributed by atoms with Crippen LogP contribution in [0.4, 0.5) is 10.1 Å². The minimum atomic E-state index is -0.992. The summed E-state index contributed by atoms with van der Waals surface area (Å²) >= 11 is 7.92. The van der Waals surface area contributed by atoms with Crippen LogP contribution >= 0.6 is 22.9 Å². The fraction of sp³-hybridized carbons (Fsp3) is 0.333. The standard InChI is InChI=1S/C27H28ClFN2O3S/c1-34-24-12-11-22(16-23(24)28)31(25(32)15-18-13-14-35-17-18)26(19-7-9-20(29)10-8-19)27(33)30-21-5-3-2-4-6-21/h7-14,16-17,21,26H,2-6,15H2,1H3,(H,30,33)/t26-/m0/s1. The lowest BCUT2D eigenvalue weighted by Gasteiger charge is -2.33. The molecule has 1 aliphatic carbocycles. The van der Waals surface area contributed by atoms with Crippen molar-refractivity contribution in [3.8, 4) is 5.75 Å². The summed E-state index contributed by atoms with van der Waals surface area (Å²) in [5, 5.41) is 7.29. The van der Waals surface area contributed by atoms with Gasteiger partial charge >= 0.3 is 0 Å². The molecule has 184 valence electrons. The number of amides is 2. The number of carbonyl (C=O) groups is 2. The molecule has 0 bridgehead atoms. The number of methoxy groups -OCH3 is 1. The fourth-order valence-corrected chi connectivity index (χ4v) is 5.41. The molecule has 3 aromatic rings. The Bertz CT molecular complexity index is 1150. The second-order valence-corrected chi connectivity index (χ2v) is 9.88. The van der Waals surface area contributed by atoms with Gasteiger partial charge in [0.2, 0.25) is 11.8 Å². The van der Waals surface area contributed by atoms with E-state index in [2.05, 4.69) is 5.32 Å². The highest BCUT2D eigenvalue weighted by Crippen LogP contribution is 2.35. The number of hydrogen-bond acceptors (Lipinski definition) is 4. The highest BCUT2D eigenvalue weighted by molar-refractivity contribution is 7.08. The summed E-state index contributed by atoms with van der Waals surface area (Å²) in [4.78, 5) is 29.0. The van der Waals surface area contributed by atoms with Gasteiger partial charge in [-0.15, -0.1) is 0 Å². The van der Waals surface area contributed by atoms with Crippen LogP contribution in [0.15, 0.2) is 59.3 Å². The van der Waals surface area contributed by atoms with Crippen LogP contribution in [0.5, 0.6) is 5.75 Å². The van der Waals surface area contributed by atoms with Gasteiger partial charge in [-0.25, -0.2) is 4.39 Å². The molecule has 4 rings (SSSR count). The lowest BCUT2D eigenvalue weighted by molar-refractivity contribution is -0.127. The molecule has 1 saturated carbocycles. The molecular weight excluding hydrogens is 487 g/mol. The monoisotopic (exact) mass is 514 g/mol. The Balaban J connectivity index is 1.77. The molecule has 1 aromatic heterocycles. The molecule has 1 aliphatic rings. The minimum absolute atomic E-state index is 0.0486. The Kier molecular flexibility index (Phi) is 8.42. The van der Waals surface area contributed by atoms with Gasteiger partial charge in [0.25, 0.3) is 0 Å². The van der Waals surface area contributed by atoms with Crippen molar-refractivity contribution in [2.24, 2.45) is 0 Å². The van der Waals surface area contributed by atoms with E-state index in [-0.39, 0.29) is 24.3 Å². The van der Waals surface area contributed by atoms with Gasteiger partial charge in [0.15, 0.2) is 0 Å². The maximum atomic E-state index is 13.8. The van der Waals surface area contributed by atoms with Gasteiger partial charge in [0.1, 0.15) is 17.6 Å². The molecule has 1 fully saturated rings. The third-order valence-corrected chi connectivity index (χ3v) is 7.29. The number of nitrogens with one attached hydrogen (secondary N) is 1. The van der Waals surface area contributed by atoms with E-state index in [9.17, 15) is 14.0 Å². The van der Waals surface area contributed by atoms with E-state index in [1.54, 1.807) is 30.3 Å². The Morgan fingerprint density at radius 3 is 2.51 bits per heavy atom. The van der Waals surface area contributed by atoms with Crippen molar-refractivity contribution in [3.05, 3.63) is 81.3 Å². The first kappa shape index (κ1) is 25.2. The Hall–Kier alpha value is -2.90. The fourth-order valence-electron chi connectivity index (χ4n) is 4.49. The first-order valence-corrected chi connectivity index (χ1v) is 13.0. The van der Waals surface area contributed by atoms with Gasteiger partial charge in [-0.3, -0.25) is 14.5 Å². The molecule has 0 spiro atoms. The average molecular weight is 515 g/mol. The van der Waals surface area contributed by atoms with Crippen molar-refractivity contribution in [2.75, 3.05) is 12.0 Å².